The average molecular weight is 225 g/mol. The second-order valence-electron chi connectivity index (χ2n) is 4.32. The van der Waals surface area contributed by atoms with Gasteiger partial charge in [0.05, 0.1) is 12.0 Å². The van der Waals surface area contributed by atoms with E-state index in [1.54, 1.807) is 6.33 Å². The van der Waals surface area contributed by atoms with Gasteiger partial charge in [0, 0.05) is 23.5 Å². The topological polar surface area (TPSA) is 40.7 Å². The van der Waals surface area contributed by atoms with E-state index < -0.39 is 0 Å². The minimum atomic E-state index is 0.518. The summed E-state index contributed by atoms with van der Waals surface area (Å²) >= 11 is 2.01. The summed E-state index contributed by atoms with van der Waals surface area (Å²) in [6, 6.07) is 0. The predicted molar refractivity (Wildman–Crippen MR) is 65.1 cm³/mol. The van der Waals surface area contributed by atoms with Gasteiger partial charge in [-0.05, 0) is 26.0 Å². The standard InChI is InChI=1S/C11H19N3S/c1-9-10(14-8-13-9)6-12-7-11(15-2)4-3-5-11/h8,12H,3-7H2,1-2H3,(H,13,14). The van der Waals surface area contributed by atoms with Crippen LogP contribution in [0.4, 0.5) is 0 Å². The molecule has 0 aromatic carbocycles. The van der Waals surface area contributed by atoms with Gasteiger partial charge in [-0.15, -0.1) is 0 Å². The summed E-state index contributed by atoms with van der Waals surface area (Å²) in [5.74, 6) is 0. The lowest BCUT2D eigenvalue weighted by atomic mass is 9.84. The van der Waals surface area contributed by atoms with Crippen LogP contribution >= 0.6 is 11.8 Å². The Morgan fingerprint density at radius 2 is 2.40 bits per heavy atom. The highest BCUT2D eigenvalue weighted by molar-refractivity contribution is 8.00. The summed E-state index contributed by atoms with van der Waals surface area (Å²) in [7, 11) is 0. The lowest BCUT2D eigenvalue weighted by Crippen LogP contribution is -2.43. The van der Waals surface area contributed by atoms with Gasteiger partial charge < -0.3 is 10.3 Å². The van der Waals surface area contributed by atoms with E-state index >= 15 is 0 Å². The summed E-state index contributed by atoms with van der Waals surface area (Å²) in [4.78, 5) is 7.38. The zero-order valence-electron chi connectivity index (χ0n) is 9.47. The molecule has 4 heteroatoms. The molecule has 1 aromatic heterocycles. The Hall–Kier alpha value is -0.480. The number of hydrogen-bond donors (Lipinski definition) is 2. The summed E-state index contributed by atoms with van der Waals surface area (Å²) < 4.78 is 0.518. The molecule has 0 bridgehead atoms. The van der Waals surface area contributed by atoms with E-state index in [-0.39, 0.29) is 0 Å². The third-order valence-corrected chi connectivity index (χ3v) is 4.79. The molecule has 0 radical (unpaired) electrons. The molecule has 3 nitrogen and oxygen atoms in total. The van der Waals surface area contributed by atoms with Crippen molar-refractivity contribution in [1.82, 2.24) is 15.3 Å². The van der Waals surface area contributed by atoms with Crippen LogP contribution in [0.5, 0.6) is 0 Å². The molecule has 1 aromatic rings. The first-order valence-corrected chi connectivity index (χ1v) is 6.73. The zero-order valence-corrected chi connectivity index (χ0v) is 10.3. The van der Waals surface area contributed by atoms with Gasteiger partial charge in [0.15, 0.2) is 0 Å². The number of thioether (sulfide) groups is 1. The first-order valence-electron chi connectivity index (χ1n) is 5.50. The maximum absolute atomic E-state index is 4.28. The summed E-state index contributed by atoms with van der Waals surface area (Å²) in [6.45, 7) is 4.07. The minimum absolute atomic E-state index is 0.518. The maximum Gasteiger partial charge on any atom is 0.0925 e. The van der Waals surface area contributed by atoms with E-state index in [0.717, 1.165) is 18.8 Å². The zero-order chi connectivity index (χ0) is 10.7. The highest BCUT2D eigenvalue weighted by Crippen LogP contribution is 2.42. The third kappa shape index (κ3) is 2.37. The van der Waals surface area contributed by atoms with Crippen LogP contribution in [0.3, 0.4) is 0 Å². The highest BCUT2D eigenvalue weighted by atomic mass is 32.2. The van der Waals surface area contributed by atoms with Crippen molar-refractivity contribution in [2.24, 2.45) is 0 Å². The van der Waals surface area contributed by atoms with E-state index in [1.807, 2.05) is 11.8 Å². The molecule has 1 aliphatic carbocycles. The van der Waals surface area contributed by atoms with Crippen molar-refractivity contribution in [3.8, 4) is 0 Å². The van der Waals surface area contributed by atoms with E-state index in [0.29, 0.717) is 4.75 Å². The molecule has 2 N–H and O–H groups in total. The van der Waals surface area contributed by atoms with Crippen molar-refractivity contribution in [3.63, 3.8) is 0 Å². The Morgan fingerprint density at radius 3 is 2.87 bits per heavy atom. The molecule has 0 atom stereocenters. The number of hydrogen-bond acceptors (Lipinski definition) is 3. The number of aryl methyl sites for hydroxylation is 1. The van der Waals surface area contributed by atoms with Crippen molar-refractivity contribution in [2.45, 2.75) is 37.5 Å². The predicted octanol–water partition coefficient (Wildman–Crippen LogP) is 2.09. The highest BCUT2D eigenvalue weighted by Gasteiger charge is 2.35. The van der Waals surface area contributed by atoms with Gasteiger partial charge in [-0.3, -0.25) is 0 Å². The number of aromatic amines is 1. The Kier molecular flexibility index (Phi) is 3.36. The van der Waals surface area contributed by atoms with Gasteiger partial charge in [-0.2, -0.15) is 11.8 Å². The first-order chi connectivity index (χ1) is 7.26. The molecule has 0 unspecified atom stereocenters. The van der Waals surface area contributed by atoms with Gasteiger partial charge in [0.2, 0.25) is 0 Å². The van der Waals surface area contributed by atoms with Crippen LogP contribution in [-0.4, -0.2) is 27.5 Å². The van der Waals surface area contributed by atoms with E-state index in [4.69, 9.17) is 0 Å². The van der Waals surface area contributed by atoms with Crippen LogP contribution in [-0.2, 0) is 6.54 Å². The molecule has 1 saturated carbocycles. The molecule has 1 heterocycles. The molecule has 1 aliphatic rings. The summed E-state index contributed by atoms with van der Waals surface area (Å²) in [5, 5.41) is 3.52. The molecule has 0 amide bonds. The monoisotopic (exact) mass is 225 g/mol. The largest absolute Gasteiger partial charge is 0.348 e. The average Bonchev–Trinajstić information content (AvgIpc) is 2.57. The third-order valence-electron chi connectivity index (χ3n) is 3.37. The Balaban J connectivity index is 1.77. The Labute approximate surface area is 95.4 Å². The molecule has 0 aliphatic heterocycles. The normalized spacial score (nSPS) is 18.8. The summed E-state index contributed by atoms with van der Waals surface area (Å²) in [5.41, 5.74) is 2.32. The number of rotatable bonds is 5. The first kappa shape index (κ1) is 11.0. The van der Waals surface area contributed by atoms with Crippen molar-refractivity contribution < 1.29 is 0 Å². The fraction of sp³-hybridized carbons (Fsp3) is 0.727. The SMILES string of the molecule is CSC1(CNCc2nc[nH]c2C)CCC1. The molecule has 15 heavy (non-hydrogen) atoms. The van der Waals surface area contributed by atoms with Gasteiger partial charge in [-0.25, -0.2) is 4.98 Å². The minimum Gasteiger partial charge on any atom is -0.348 e. The van der Waals surface area contributed by atoms with Crippen LogP contribution < -0.4 is 5.32 Å². The quantitative estimate of drug-likeness (QED) is 0.806. The number of nitrogens with zero attached hydrogens (tertiary/aromatic N) is 1. The lowest BCUT2D eigenvalue weighted by Gasteiger charge is -2.40. The number of H-pyrrole nitrogens is 1. The second kappa shape index (κ2) is 4.58. The van der Waals surface area contributed by atoms with E-state index in [2.05, 4.69) is 28.5 Å². The van der Waals surface area contributed by atoms with Gasteiger partial charge in [-0.1, -0.05) is 6.42 Å². The molecule has 84 valence electrons. The fourth-order valence-corrected chi connectivity index (χ4v) is 2.94. The Morgan fingerprint density at radius 1 is 1.60 bits per heavy atom. The van der Waals surface area contributed by atoms with Gasteiger partial charge >= 0.3 is 0 Å². The van der Waals surface area contributed by atoms with Crippen LogP contribution in [0.15, 0.2) is 6.33 Å². The van der Waals surface area contributed by atoms with Crippen molar-refractivity contribution in [1.29, 1.82) is 0 Å². The molecule has 0 saturated heterocycles. The number of aromatic nitrogens is 2. The van der Waals surface area contributed by atoms with Crippen LogP contribution in [0.2, 0.25) is 0 Å². The molecular formula is C11H19N3S. The van der Waals surface area contributed by atoms with E-state index in [9.17, 15) is 0 Å². The smallest absolute Gasteiger partial charge is 0.0925 e. The van der Waals surface area contributed by atoms with Crippen LogP contribution in [0.25, 0.3) is 0 Å². The molecule has 0 spiro atoms. The molecule has 1 fully saturated rings. The Bertz CT molecular complexity index is 312. The second-order valence-corrected chi connectivity index (χ2v) is 5.59. The molecular weight excluding hydrogens is 206 g/mol. The van der Waals surface area contributed by atoms with Gasteiger partial charge in [0.25, 0.3) is 0 Å². The lowest BCUT2D eigenvalue weighted by molar-refractivity contribution is 0.345. The van der Waals surface area contributed by atoms with Crippen molar-refractivity contribution in [2.75, 3.05) is 12.8 Å². The van der Waals surface area contributed by atoms with Crippen LogP contribution in [0.1, 0.15) is 30.7 Å². The van der Waals surface area contributed by atoms with Crippen LogP contribution in [0, 0.1) is 6.92 Å². The summed E-state index contributed by atoms with van der Waals surface area (Å²) in [6.07, 6.45) is 8.10. The van der Waals surface area contributed by atoms with Crippen molar-refractivity contribution in [3.05, 3.63) is 17.7 Å². The number of nitrogens with one attached hydrogen (secondary N) is 2. The number of imidazole rings is 1. The van der Waals surface area contributed by atoms with Gasteiger partial charge in [0.1, 0.15) is 0 Å². The van der Waals surface area contributed by atoms with Crippen molar-refractivity contribution >= 4 is 11.8 Å². The molecule has 2 rings (SSSR count). The van der Waals surface area contributed by atoms with E-state index in [1.165, 1.54) is 25.0 Å². The fourth-order valence-electron chi connectivity index (χ4n) is 2.00. The maximum atomic E-state index is 4.28.